The Hall–Kier alpha value is -1.85. The highest BCUT2D eigenvalue weighted by Crippen LogP contribution is 2.50. The number of para-hydroxylation sites is 1. The monoisotopic (exact) mass is 317 g/mol. The topological polar surface area (TPSA) is 71.7 Å². The first-order valence-corrected chi connectivity index (χ1v) is 7.98. The fourth-order valence-electron chi connectivity index (χ4n) is 3.17. The quantitative estimate of drug-likeness (QED) is 0.889. The summed E-state index contributed by atoms with van der Waals surface area (Å²) in [7, 11) is 0. The van der Waals surface area contributed by atoms with Crippen LogP contribution in [0.25, 0.3) is 11.0 Å². The van der Waals surface area contributed by atoms with Crippen LogP contribution < -0.4 is 5.32 Å². The van der Waals surface area contributed by atoms with Crippen molar-refractivity contribution >= 4 is 16.9 Å². The molecule has 124 valence electrons. The highest BCUT2D eigenvalue weighted by atomic mass is 16.5. The molecule has 0 unspecified atom stereocenters. The molecule has 2 aromatic rings. The van der Waals surface area contributed by atoms with Gasteiger partial charge in [0, 0.05) is 30.4 Å². The molecule has 1 fully saturated rings. The molecule has 5 nitrogen and oxygen atoms in total. The van der Waals surface area contributed by atoms with Gasteiger partial charge in [-0.05, 0) is 19.1 Å². The van der Waals surface area contributed by atoms with Crippen molar-refractivity contribution in [1.82, 2.24) is 5.32 Å². The third-order valence-electron chi connectivity index (χ3n) is 5.09. The maximum Gasteiger partial charge on any atom is 0.287 e. The smallest absolute Gasteiger partial charge is 0.287 e. The zero-order chi connectivity index (χ0) is 16.7. The van der Waals surface area contributed by atoms with Gasteiger partial charge >= 0.3 is 0 Å². The third kappa shape index (κ3) is 2.64. The zero-order valence-corrected chi connectivity index (χ0v) is 13.8. The SMILES string of the molecule is CCO[C@@H]1C[C@@](O)(CNC(=O)c2cc3ccccc3o2)C1(C)C. The van der Waals surface area contributed by atoms with Crippen molar-refractivity contribution < 1.29 is 19.1 Å². The van der Waals surface area contributed by atoms with E-state index in [1.54, 1.807) is 6.07 Å². The second kappa shape index (κ2) is 5.65. The number of fused-ring (bicyclic) bond motifs is 1. The van der Waals surface area contributed by atoms with Crippen molar-refractivity contribution in [3.8, 4) is 0 Å². The Kier molecular flexibility index (Phi) is 3.94. The van der Waals surface area contributed by atoms with Gasteiger partial charge in [0.1, 0.15) is 5.58 Å². The molecule has 1 aliphatic rings. The summed E-state index contributed by atoms with van der Waals surface area (Å²) in [5, 5.41) is 14.4. The van der Waals surface area contributed by atoms with E-state index in [9.17, 15) is 9.90 Å². The van der Waals surface area contributed by atoms with Gasteiger partial charge in [-0.15, -0.1) is 0 Å². The lowest BCUT2D eigenvalue weighted by atomic mass is 9.56. The summed E-state index contributed by atoms with van der Waals surface area (Å²) in [5.41, 5.74) is -0.685. The highest BCUT2D eigenvalue weighted by molar-refractivity contribution is 5.96. The van der Waals surface area contributed by atoms with E-state index in [4.69, 9.17) is 9.15 Å². The van der Waals surface area contributed by atoms with Crippen molar-refractivity contribution in [3.63, 3.8) is 0 Å². The first-order valence-electron chi connectivity index (χ1n) is 7.98. The molecule has 23 heavy (non-hydrogen) atoms. The number of benzene rings is 1. The summed E-state index contributed by atoms with van der Waals surface area (Å²) in [5.74, 6) is -0.0569. The molecule has 0 bridgehead atoms. The van der Waals surface area contributed by atoms with Gasteiger partial charge in [0.05, 0.1) is 11.7 Å². The average molecular weight is 317 g/mol. The van der Waals surface area contributed by atoms with Crippen LogP contribution in [0.1, 0.15) is 37.7 Å². The molecular weight excluding hydrogens is 294 g/mol. The minimum absolute atomic E-state index is 0.0144. The van der Waals surface area contributed by atoms with Crippen LogP contribution in [0.4, 0.5) is 0 Å². The molecule has 3 rings (SSSR count). The third-order valence-corrected chi connectivity index (χ3v) is 5.09. The highest BCUT2D eigenvalue weighted by Gasteiger charge is 2.59. The van der Waals surface area contributed by atoms with Crippen LogP contribution in [0, 0.1) is 5.41 Å². The summed E-state index contributed by atoms with van der Waals surface area (Å²) in [6, 6.07) is 9.18. The number of nitrogens with one attached hydrogen (secondary N) is 1. The van der Waals surface area contributed by atoms with Crippen molar-refractivity contribution in [1.29, 1.82) is 0 Å². The largest absolute Gasteiger partial charge is 0.451 e. The average Bonchev–Trinajstić information content (AvgIpc) is 2.96. The van der Waals surface area contributed by atoms with E-state index in [2.05, 4.69) is 5.32 Å². The molecule has 1 amide bonds. The van der Waals surface area contributed by atoms with E-state index in [1.165, 1.54) is 0 Å². The Morgan fingerprint density at radius 2 is 2.17 bits per heavy atom. The number of aliphatic hydroxyl groups is 1. The van der Waals surface area contributed by atoms with Crippen LogP contribution in [-0.4, -0.2) is 35.9 Å². The predicted molar refractivity (Wildman–Crippen MR) is 87.3 cm³/mol. The molecule has 2 N–H and O–H groups in total. The summed E-state index contributed by atoms with van der Waals surface area (Å²) < 4.78 is 11.2. The maximum atomic E-state index is 12.3. The Morgan fingerprint density at radius 1 is 1.43 bits per heavy atom. The number of carbonyl (C=O) groups excluding carboxylic acids is 1. The predicted octanol–water partition coefficient (Wildman–Crippen LogP) is 2.73. The number of furan rings is 1. The number of rotatable bonds is 5. The van der Waals surface area contributed by atoms with Gasteiger partial charge in [0.25, 0.3) is 5.91 Å². The fourth-order valence-corrected chi connectivity index (χ4v) is 3.17. The van der Waals surface area contributed by atoms with E-state index in [1.807, 2.05) is 45.0 Å². The maximum absolute atomic E-state index is 12.3. The minimum Gasteiger partial charge on any atom is -0.451 e. The molecule has 1 saturated carbocycles. The first kappa shape index (κ1) is 16.0. The standard InChI is InChI=1S/C18H23NO4/c1-4-22-15-10-18(21,17(15,2)3)11-19-16(20)14-9-12-7-5-6-8-13(12)23-14/h5-9,15,21H,4,10-11H2,1-3H3,(H,19,20)/t15-,18-/m1/s1. The van der Waals surface area contributed by atoms with Crippen LogP contribution in [0.15, 0.2) is 34.7 Å². The Bertz CT molecular complexity index is 688. The molecule has 0 spiro atoms. The van der Waals surface area contributed by atoms with E-state index >= 15 is 0 Å². The van der Waals surface area contributed by atoms with Crippen LogP contribution in [-0.2, 0) is 4.74 Å². The number of amides is 1. The van der Waals surface area contributed by atoms with Gasteiger partial charge in [-0.25, -0.2) is 0 Å². The zero-order valence-electron chi connectivity index (χ0n) is 13.8. The first-order chi connectivity index (χ1) is 10.9. The van der Waals surface area contributed by atoms with Crippen molar-refractivity contribution in [3.05, 3.63) is 36.1 Å². The summed E-state index contributed by atoms with van der Waals surface area (Å²) in [4.78, 5) is 12.3. The lowest BCUT2D eigenvalue weighted by Crippen LogP contribution is -2.68. The normalized spacial score (nSPS) is 26.0. The van der Waals surface area contributed by atoms with E-state index < -0.39 is 11.0 Å². The molecule has 2 atom stereocenters. The second-order valence-electron chi connectivity index (χ2n) is 6.73. The Balaban J connectivity index is 1.65. The molecule has 1 heterocycles. The van der Waals surface area contributed by atoms with Gasteiger partial charge in [0.15, 0.2) is 5.76 Å². The molecule has 0 saturated heterocycles. The van der Waals surface area contributed by atoms with E-state index in [-0.39, 0.29) is 24.3 Å². The summed E-state index contributed by atoms with van der Waals surface area (Å²) in [6.45, 7) is 6.67. The van der Waals surface area contributed by atoms with E-state index in [0.717, 1.165) is 5.39 Å². The van der Waals surface area contributed by atoms with Gasteiger partial charge in [-0.2, -0.15) is 0 Å². The molecule has 5 heteroatoms. The van der Waals surface area contributed by atoms with Crippen molar-refractivity contribution in [2.45, 2.75) is 38.9 Å². The van der Waals surface area contributed by atoms with Gasteiger partial charge in [-0.3, -0.25) is 4.79 Å². The van der Waals surface area contributed by atoms with Crippen LogP contribution in [0.3, 0.4) is 0 Å². The molecule has 1 aromatic heterocycles. The van der Waals surface area contributed by atoms with Crippen LogP contribution in [0.2, 0.25) is 0 Å². The number of ether oxygens (including phenoxy) is 1. The molecule has 1 aliphatic carbocycles. The van der Waals surface area contributed by atoms with Crippen molar-refractivity contribution in [2.24, 2.45) is 5.41 Å². The molecular formula is C18H23NO4. The van der Waals surface area contributed by atoms with Gasteiger partial charge in [-0.1, -0.05) is 32.0 Å². The summed E-state index contributed by atoms with van der Waals surface area (Å²) in [6.07, 6.45) is 0.537. The number of hydrogen-bond acceptors (Lipinski definition) is 4. The number of carbonyl (C=O) groups is 1. The fraction of sp³-hybridized carbons (Fsp3) is 0.500. The van der Waals surface area contributed by atoms with Gasteiger partial charge in [0.2, 0.25) is 0 Å². The number of hydrogen-bond donors (Lipinski definition) is 2. The lowest BCUT2D eigenvalue weighted by molar-refractivity contribution is -0.237. The molecule has 0 aliphatic heterocycles. The second-order valence-corrected chi connectivity index (χ2v) is 6.73. The van der Waals surface area contributed by atoms with Gasteiger partial charge < -0.3 is 19.6 Å². The minimum atomic E-state index is -0.964. The van der Waals surface area contributed by atoms with Crippen molar-refractivity contribution in [2.75, 3.05) is 13.2 Å². The Labute approximate surface area is 135 Å². The summed E-state index contributed by atoms with van der Waals surface area (Å²) >= 11 is 0. The van der Waals surface area contributed by atoms with Crippen LogP contribution >= 0.6 is 0 Å². The lowest BCUT2D eigenvalue weighted by Gasteiger charge is -2.57. The van der Waals surface area contributed by atoms with E-state index in [0.29, 0.717) is 18.6 Å². The molecule has 1 aromatic carbocycles. The van der Waals surface area contributed by atoms with Crippen LogP contribution in [0.5, 0.6) is 0 Å². The Morgan fingerprint density at radius 3 is 2.83 bits per heavy atom. The molecule has 0 radical (unpaired) electrons.